The van der Waals surface area contributed by atoms with Crippen molar-refractivity contribution in [3.8, 4) is 16.9 Å². The maximum Gasteiger partial charge on any atom is 0.266 e. The van der Waals surface area contributed by atoms with Gasteiger partial charge in [-0.15, -0.1) is 11.3 Å². The van der Waals surface area contributed by atoms with Crippen LogP contribution in [0.5, 0.6) is 5.75 Å². The Kier molecular flexibility index (Phi) is 8.85. The van der Waals surface area contributed by atoms with Gasteiger partial charge in [0, 0.05) is 51.7 Å². The summed E-state index contributed by atoms with van der Waals surface area (Å²) >= 11 is 8.30. The fraction of sp³-hybridized carbons (Fsp3) is 0.375. The SMILES string of the molecule is CCOc1ccc(-c2ccc(CC)nc2)cc1CN(C(=O)c1sc2ccccc2c1Cl)C1CCC(NC)CC1. The Hall–Kier alpha value is -2.93. The summed E-state index contributed by atoms with van der Waals surface area (Å²) in [4.78, 5) is 21.5. The predicted octanol–water partition coefficient (Wildman–Crippen LogP) is 7.75. The number of aryl methyl sites for hydroxylation is 1. The molecule has 0 spiro atoms. The van der Waals surface area contributed by atoms with E-state index in [9.17, 15) is 4.79 Å². The number of fused-ring (bicyclic) bond motifs is 1. The van der Waals surface area contributed by atoms with Crippen molar-refractivity contribution >= 4 is 38.9 Å². The molecule has 1 amide bonds. The van der Waals surface area contributed by atoms with Crippen LogP contribution in [0, 0.1) is 0 Å². The van der Waals surface area contributed by atoms with Gasteiger partial charge in [0.1, 0.15) is 10.6 Å². The molecule has 1 aliphatic rings. The molecule has 39 heavy (non-hydrogen) atoms. The molecule has 1 N–H and O–H groups in total. The Morgan fingerprint density at radius 1 is 1.08 bits per heavy atom. The van der Waals surface area contributed by atoms with Crippen molar-refractivity contribution in [1.29, 1.82) is 0 Å². The Labute approximate surface area is 240 Å². The fourth-order valence-electron chi connectivity index (χ4n) is 5.49. The Balaban J connectivity index is 1.53. The second-order valence-corrected chi connectivity index (χ2v) is 11.5. The van der Waals surface area contributed by atoms with Crippen molar-refractivity contribution in [1.82, 2.24) is 15.2 Å². The van der Waals surface area contributed by atoms with Crippen LogP contribution in [0.15, 0.2) is 60.8 Å². The van der Waals surface area contributed by atoms with Gasteiger partial charge >= 0.3 is 0 Å². The third-order valence-electron chi connectivity index (χ3n) is 7.76. The lowest BCUT2D eigenvalue weighted by Gasteiger charge is -2.37. The van der Waals surface area contributed by atoms with Crippen LogP contribution in [0.3, 0.4) is 0 Å². The zero-order valence-electron chi connectivity index (χ0n) is 22.9. The largest absolute Gasteiger partial charge is 0.494 e. The van der Waals surface area contributed by atoms with Gasteiger partial charge in [0.25, 0.3) is 5.91 Å². The van der Waals surface area contributed by atoms with E-state index in [0.717, 1.165) is 70.3 Å². The highest BCUT2D eigenvalue weighted by molar-refractivity contribution is 7.21. The van der Waals surface area contributed by atoms with Gasteiger partial charge in [-0.05, 0) is 75.9 Å². The van der Waals surface area contributed by atoms with Crippen molar-refractivity contribution in [3.05, 3.63) is 82.0 Å². The van der Waals surface area contributed by atoms with E-state index in [0.29, 0.717) is 29.1 Å². The zero-order valence-corrected chi connectivity index (χ0v) is 24.4. The molecule has 5 rings (SSSR count). The van der Waals surface area contributed by atoms with Gasteiger partial charge in [0.05, 0.1) is 11.6 Å². The molecule has 2 heterocycles. The van der Waals surface area contributed by atoms with E-state index < -0.39 is 0 Å². The lowest BCUT2D eigenvalue weighted by molar-refractivity contribution is 0.0604. The van der Waals surface area contributed by atoms with E-state index in [-0.39, 0.29) is 11.9 Å². The summed E-state index contributed by atoms with van der Waals surface area (Å²) < 4.78 is 7.09. The predicted molar refractivity (Wildman–Crippen MR) is 162 cm³/mol. The number of hydrogen-bond donors (Lipinski definition) is 1. The van der Waals surface area contributed by atoms with Crippen molar-refractivity contribution < 1.29 is 9.53 Å². The summed E-state index contributed by atoms with van der Waals surface area (Å²) in [6.45, 7) is 5.11. The van der Waals surface area contributed by atoms with Crippen LogP contribution in [0.25, 0.3) is 21.2 Å². The summed E-state index contributed by atoms with van der Waals surface area (Å²) in [6.07, 6.45) is 6.81. The fourth-order valence-corrected chi connectivity index (χ4v) is 6.96. The number of carbonyl (C=O) groups is 1. The summed E-state index contributed by atoms with van der Waals surface area (Å²) in [7, 11) is 2.02. The highest BCUT2D eigenvalue weighted by Gasteiger charge is 2.32. The smallest absolute Gasteiger partial charge is 0.266 e. The lowest BCUT2D eigenvalue weighted by Crippen LogP contribution is -2.44. The number of hydrogen-bond acceptors (Lipinski definition) is 5. The molecule has 4 aromatic rings. The number of carbonyl (C=O) groups excluding carboxylic acids is 1. The van der Waals surface area contributed by atoms with Gasteiger partial charge in [0.15, 0.2) is 0 Å². The van der Waals surface area contributed by atoms with Crippen LogP contribution in [0.1, 0.15) is 60.5 Å². The van der Waals surface area contributed by atoms with E-state index >= 15 is 0 Å². The van der Waals surface area contributed by atoms with Crippen molar-refractivity contribution in [2.24, 2.45) is 0 Å². The number of amides is 1. The maximum absolute atomic E-state index is 14.3. The Bertz CT molecular complexity index is 1430. The van der Waals surface area contributed by atoms with Crippen LogP contribution in [-0.4, -0.2) is 41.5 Å². The quantitative estimate of drug-likeness (QED) is 0.227. The molecule has 204 valence electrons. The number of nitrogens with one attached hydrogen (secondary N) is 1. The summed E-state index contributed by atoms with van der Waals surface area (Å²) in [6, 6.07) is 19.0. The van der Waals surface area contributed by atoms with E-state index in [1.54, 1.807) is 0 Å². The number of aromatic nitrogens is 1. The number of benzene rings is 2. The van der Waals surface area contributed by atoms with Crippen LogP contribution in [-0.2, 0) is 13.0 Å². The minimum Gasteiger partial charge on any atom is -0.494 e. The second kappa shape index (κ2) is 12.5. The molecule has 0 aliphatic heterocycles. The zero-order chi connectivity index (χ0) is 27.4. The second-order valence-electron chi connectivity index (χ2n) is 10.1. The minimum atomic E-state index is -0.00377. The molecule has 5 nitrogen and oxygen atoms in total. The first kappa shape index (κ1) is 27.6. The number of pyridine rings is 1. The van der Waals surface area contributed by atoms with E-state index in [1.165, 1.54) is 11.3 Å². The van der Waals surface area contributed by atoms with Gasteiger partial charge < -0.3 is 15.0 Å². The van der Waals surface area contributed by atoms with Gasteiger partial charge in [-0.25, -0.2) is 0 Å². The molecule has 0 radical (unpaired) electrons. The molecular formula is C32H36ClN3O2S. The third-order valence-corrected chi connectivity index (χ3v) is 9.42. The third kappa shape index (κ3) is 5.98. The van der Waals surface area contributed by atoms with E-state index in [4.69, 9.17) is 16.3 Å². The van der Waals surface area contributed by atoms with Crippen LogP contribution >= 0.6 is 22.9 Å². The van der Waals surface area contributed by atoms with Crippen molar-refractivity contribution in [3.63, 3.8) is 0 Å². The van der Waals surface area contributed by atoms with Crippen LogP contribution in [0.4, 0.5) is 0 Å². The van der Waals surface area contributed by atoms with Gasteiger partial charge in [-0.2, -0.15) is 0 Å². The molecule has 0 bridgehead atoms. The van der Waals surface area contributed by atoms with Crippen LogP contribution in [0.2, 0.25) is 5.02 Å². The number of ether oxygens (including phenoxy) is 1. The Morgan fingerprint density at radius 2 is 1.85 bits per heavy atom. The minimum absolute atomic E-state index is 0.00377. The average molecular weight is 562 g/mol. The Morgan fingerprint density at radius 3 is 2.51 bits per heavy atom. The monoisotopic (exact) mass is 561 g/mol. The normalized spacial score (nSPS) is 17.3. The summed E-state index contributed by atoms with van der Waals surface area (Å²) in [5.41, 5.74) is 4.18. The van der Waals surface area contributed by atoms with E-state index in [1.807, 2.05) is 55.4 Å². The van der Waals surface area contributed by atoms with Gasteiger partial charge in [0.2, 0.25) is 0 Å². The molecule has 0 saturated heterocycles. The maximum atomic E-state index is 14.3. The number of thiophene rings is 1. The molecule has 0 atom stereocenters. The summed E-state index contributed by atoms with van der Waals surface area (Å²) in [5, 5.41) is 4.90. The van der Waals surface area contributed by atoms with Gasteiger partial charge in [-0.3, -0.25) is 9.78 Å². The number of halogens is 1. The number of nitrogens with zero attached hydrogens (tertiary/aromatic N) is 2. The molecular weight excluding hydrogens is 526 g/mol. The standard InChI is InChI=1S/C32H36ClN3O2S/c1-4-24-12-10-22(19-35-24)21-11-17-28(38-5-2)23(18-21)20-36(26-15-13-25(34-3)14-16-26)32(37)31-30(33)27-8-6-7-9-29(27)39-31/h6-12,17-19,25-26,34H,4-5,13-16,20H2,1-3H3. The van der Waals surface area contributed by atoms with Crippen LogP contribution < -0.4 is 10.1 Å². The molecule has 2 aromatic carbocycles. The summed E-state index contributed by atoms with van der Waals surface area (Å²) in [5.74, 6) is 0.805. The average Bonchev–Trinajstić information content (AvgIpc) is 3.33. The van der Waals surface area contributed by atoms with Gasteiger partial charge in [-0.1, -0.05) is 48.9 Å². The van der Waals surface area contributed by atoms with Crippen molar-refractivity contribution in [2.75, 3.05) is 13.7 Å². The van der Waals surface area contributed by atoms with E-state index in [2.05, 4.69) is 41.5 Å². The first-order valence-corrected chi connectivity index (χ1v) is 15.1. The molecule has 1 saturated carbocycles. The molecule has 0 unspecified atom stereocenters. The number of rotatable bonds is 9. The highest BCUT2D eigenvalue weighted by Crippen LogP contribution is 2.38. The lowest BCUT2D eigenvalue weighted by atomic mass is 9.89. The molecule has 1 fully saturated rings. The molecule has 2 aromatic heterocycles. The highest BCUT2D eigenvalue weighted by atomic mass is 35.5. The first-order valence-electron chi connectivity index (χ1n) is 13.9. The molecule has 1 aliphatic carbocycles. The topological polar surface area (TPSA) is 54.5 Å². The van der Waals surface area contributed by atoms with Crippen molar-refractivity contribution in [2.45, 2.75) is 64.6 Å². The first-order chi connectivity index (χ1) is 19.0. The molecule has 7 heteroatoms.